The molecule has 1 unspecified atom stereocenters. The topological polar surface area (TPSA) is 88.5 Å². The van der Waals surface area contributed by atoms with Crippen molar-refractivity contribution in [2.24, 2.45) is 0 Å². The van der Waals surface area contributed by atoms with Gasteiger partial charge in [0.25, 0.3) is 0 Å². The molecule has 2 amide bonds. The van der Waals surface area contributed by atoms with E-state index < -0.39 is 6.04 Å². The third-order valence-corrected chi connectivity index (χ3v) is 5.49. The summed E-state index contributed by atoms with van der Waals surface area (Å²) in [6.07, 6.45) is 4.68. The third kappa shape index (κ3) is 5.60. The standard InChI is InChI=1S/C22H31N5O3/c1-16-13-18(5-6-20(16)30-3)15-27-12-9-25-22(29)19(27)14-21(28)24-7-4-10-26-11-8-23-17(26)2/h5-6,8,11,13,19H,4,7,9-10,12,14-15H2,1-3H3,(H,24,28)(H,25,29). The van der Waals surface area contributed by atoms with Crippen molar-refractivity contribution in [3.63, 3.8) is 0 Å². The predicted octanol–water partition coefficient (Wildman–Crippen LogP) is 1.41. The molecule has 0 radical (unpaired) electrons. The van der Waals surface area contributed by atoms with E-state index in [1.165, 1.54) is 0 Å². The maximum Gasteiger partial charge on any atom is 0.237 e. The minimum atomic E-state index is -0.461. The van der Waals surface area contributed by atoms with Gasteiger partial charge in [-0.25, -0.2) is 4.98 Å². The number of nitrogens with zero attached hydrogens (tertiary/aromatic N) is 3. The van der Waals surface area contributed by atoms with Gasteiger partial charge in [-0.15, -0.1) is 0 Å². The fraction of sp³-hybridized carbons (Fsp3) is 0.500. The van der Waals surface area contributed by atoms with Crippen molar-refractivity contribution in [3.05, 3.63) is 47.5 Å². The number of methoxy groups -OCH3 is 1. The lowest BCUT2D eigenvalue weighted by atomic mass is 10.1. The highest BCUT2D eigenvalue weighted by Crippen LogP contribution is 2.21. The maximum absolute atomic E-state index is 12.5. The molecule has 0 saturated carbocycles. The van der Waals surface area contributed by atoms with Gasteiger partial charge in [0.1, 0.15) is 11.6 Å². The number of aromatic nitrogens is 2. The molecule has 8 nitrogen and oxygen atoms in total. The summed E-state index contributed by atoms with van der Waals surface area (Å²) in [7, 11) is 1.65. The summed E-state index contributed by atoms with van der Waals surface area (Å²) in [6.45, 7) is 7.27. The Bertz CT molecular complexity index is 879. The lowest BCUT2D eigenvalue weighted by molar-refractivity contribution is -0.134. The highest BCUT2D eigenvalue weighted by atomic mass is 16.5. The first-order chi connectivity index (χ1) is 14.5. The van der Waals surface area contributed by atoms with Crippen LogP contribution in [0.25, 0.3) is 0 Å². The van der Waals surface area contributed by atoms with Crippen LogP contribution in [0.4, 0.5) is 0 Å². The molecule has 8 heteroatoms. The van der Waals surface area contributed by atoms with E-state index in [1.54, 1.807) is 13.3 Å². The van der Waals surface area contributed by atoms with Crippen molar-refractivity contribution in [1.29, 1.82) is 0 Å². The molecule has 30 heavy (non-hydrogen) atoms. The number of carbonyl (C=O) groups excluding carboxylic acids is 2. The molecule has 0 spiro atoms. The number of hydrogen-bond acceptors (Lipinski definition) is 5. The van der Waals surface area contributed by atoms with Gasteiger partial charge in [-0.2, -0.15) is 0 Å². The number of piperazine rings is 1. The van der Waals surface area contributed by atoms with E-state index in [0.29, 0.717) is 26.2 Å². The van der Waals surface area contributed by atoms with Crippen LogP contribution in [0, 0.1) is 13.8 Å². The first kappa shape index (κ1) is 21.8. The van der Waals surface area contributed by atoms with Crippen molar-refractivity contribution in [2.45, 2.75) is 45.8 Å². The van der Waals surface area contributed by atoms with Crippen LogP contribution in [0.3, 0.4) is 0 Å². The molecule has 1 saturated heterocycles. The Labute approximate surface area is 177 Å². The lowest BCUT2D eigenvalue weighted by Gasteiger charge is -2.34. The van der Waals surface area contributed by atoms with E-state index in [-0.39, 0.29) is 18.2 Å². The van der Waals surface area contributed by atoms with Crippen LogP contribution in [0.15, 0.2) is 30.6 Å². The Kier molecular flexibility index (Phi) is 7.46. The molecule has 1 aromatic carbocycles. The van der Waals surface area contributed by atoms with Gasteiger partial charge < -0.3 is 19.9 Å². The zero-order valence-electron chi connectivity index (χ0n) is 18.0. The zero-order valence-corrected chi connectivity index (χ0v) is 18.0. The SMILES string of the molecule is COc1ccc(CN2CCNC(=O)C2CC(=O)NCCCn2ccnc2C)cc1C. The Morgan fingerprint density at radius 1 is 1.37 bits per heavy atom. The highest BCUT2D eigenvalue weighted by molar-refractivity contribution is 5.88. The number of nitrogens with one attached hydrogen (secondary N) is 2. The number of amides is 2. The van der Waals surface area contributed by atoms with Gasteiger partial charge in [0, 0.05) is 45.1 Å². The minimum absolute atomic E-state index is 0.0873. The number of ether oxygens (including phenoxy) is 1. The van der Waals surface area contributed by atoms with Crippen LogP contribution in [0.1, 0.15) is 29.8 Å². The number of imidazole rings is 1. The van der Waals surface area contributed by atoms with Gasteiger partial charge in [0.15, 0.2) is 0 Å². The molecule has 3 rings (SSSR count). The lowest BCUT2D eigenvalue weighted by Crippen LogP contribution is -2.56. The monoisotopic (exact) mass is 413 g/mol. The maximum atomic E-state index is 12.5. The van der Waals surface area contributed by atoms with E-state index in [0.717, 1.165) is 35.7 Å². The molecule has 1 aromatic heterocycles. The molecule has 0 aliphatic carbocycles. The number of rotatable bonds is 9. The molecule has 1 aliphatic heterocycles. The molecule has 2 heterocycles. The van der Waals surface area contributed by atoms with Gasteiger partial charge in [-0.1, -0.05) is 12.1 Å². The van der Waals surface area contributed by atoms with Crippen LogP contribution < -0.4 is 15.4 Å². The number of benzene rings is 1. The Morgan fingerprint density at radius 2 is 2.20 bits per heavy atom. The molecule has 162 valence electrons. The second kappa shape index (κ2) is 10.2. The van der Waals surface area contributed by atoms with E-state index in [9.17, 15) is 9.59 Å². The molecule has 0 bridgehead atoms. The summed E-state index contributed by atoms with van der Waals surface area (Å²) >= 11 is 0. The van der Waals surface area contributed by atoms with Crippen LogP contribution in [-0.4, -0.2) is 59.1 Å². The number of hydrogen-bond donors (Lipinski definition) is 2. The summed E-state index contributed by atoms with van der Waals surface area (Å²) in [4.78, 5) is 31.2. The van der Waals surface area contributed by atoms with Crippen LogP contribution >= 0.6 is 0 Å². The van der Waals surface area contributed by atoms with Gasteiger partial charge in [-0.3, -0.25) is 14.5 Å². The van der Waals surface area contributed by atoms with Gasteiger partial charge in [-0.05, 0) is 37.5 Å². The largest absolute Gasteiger partial charge is 0.496 e. The second-order valence-electron chi connectivity index (χ2n) is 7.66. The van der Waals surface area contributed by atoms with Crippen LogP contribution in [0.2, 0.25) is 0 Å². The molecular formula is C22H31N5O3. The highest BCUT2D eigenvalue weighted by Gasteiger charge is 2.31. The van der Waals surface area contributed by atoms with Crippen molar-refractivity contribution in [3.8, 4) is 5.75 Å². The average Bonchev–Trinajstić information content (AvgIpc) is 3.13. The third-order valence-electron chi connectivity index (χ3n) is 5.49. The Morgan fingerprint density at radius 3 is 2.90 bits per heavy atom. The summed E-state index contributed by atoms with van der Waals surface area (Å²) in [5.74, 6) is 1.62. The second-order valence-corrected chi connectivity index (χ2v) is 7.66. The predicted molar refractivity (Wildman–Crippen MR) is 114 cm³/mol. The fourth-order valence-electron chi connectivity index (χ4n) is 3.81. The first-order valence-corrected chi connectivity index (χ1v) is 10.4. The van der Waals surface area contributed by atoms with Crippen molar-refractivity contribution < 1.29 is 14.3 Å². The van der Waals surface area contributed by atoms with Crippen LogP contribution in [0.5, 0.6) is 5.75 Å². The van der Waals surface area contributed by atoms with Gasteiger partial charge in [0.05, 0.1) is 19.6 Å². The van der Waals surface area contributed by atoms with E-state index in [2.05, 4.69) is 31.2 Å². The van der Waals surface area contributed by atoms with E-state index in [4.69, 9.17) is 4.74 Å². The summed E-state index contributed by atoms with van der Waals surface area (Å²) in [5, 5.41) is 5.83. The summed E-state index contributed by atoms with van der Waals surface area (Å²) in [6, 6.07) is 5.56. The minimum Gasteiger partial charge on any atom is -0.496 e. The van der Waals surface area contributed by atoms with E-state index in [1.807, 2.05) is 32.2 Å². The van der Waals surface area contributed by atoms with Crippen molar-refractivity contribution in [2.75, 3.05) is 26.7 Å². The fourth-order valence-corrected chi connectivity index (χ4v) is 3.81. The molecular weight excluding hydrogens is 382 g/mol. The molecule has 2 N–H and O–H groups in total. The first-order valence-electron chi connectivity index (χ1n) is 10.4. The average molecular weight is 414 g/mol. The molecule has 1 fully saturated rings. The van der Waals surface area contributed by atoms with Crippen molar-refractivity contribution >= 4 is 11.8 Å². The Hall–Kier alpha value is -2.87. The quantitative estimate of drug-likeness (QED) is 0.607. The normalized spacial score (nSPS) is 16.9. The van der Waals surface area contributed by atoms with E-state index >= 15 is 0 Å². The molecule has 1 atom stereocenters. The Balaban J connectivity index is 1.52. The van der Waals surface area contributed by atoms with Crippen molar-refractivity contribution in [1.82, 2.24) is 25.1 Å². The summed E-state index contributed by atoms with van der Waals surface area (Å²) in [5.41, 5.74) is 2.16. The molecule has 2 aromatic rings. The smallest absolute Gasteiger partial charge is 0.237 e. The van der Waals surface area contributed by atoms with Crippen LogP contribution in [-0.2, 0) is 22.7 Å². The van der Waals surface area contributed by atoms with Gasteiger partial charge in [0.2, 0.25) is 11.8 Å². The summed E-state index contributed by atoms with van der Waals surface area (Å²) < 4.78 is 7.38. The molecule has 1 aliphatic rings. The number of carbonyl (C=O) groups is 2. The van der Waals surface area contributed by atoms with Gasteiger partial charge >= 0.3 is 0 Å². The zero-order chi connectivity index (χ0) is 21.5. The number of aryl methyl sites for hydroxylation is 3.